The van der Waals surface area contributed by atoms with Gasteiger partial charge in [-0.2, -0.15) is 5.10 Å². The topological polar surface area (TPSA) is 94.0 Å². The molecule has 196 valence electrons. The van der Waals surface area contributed by atoms with Gasteiger partial charge in [-0.05, 0) is 56.7 Å². The number of carbonyl (C=O) groups is 1. The van der Waals surface area contributed by atoms with Crippen molar-refractivity contribution in [2.24, 2.45) is 5.92 Å². The third-order valence-corrected chi connectivity index (χ3v) is 7.34. The Kier molecular flexibility index (Phi) is 7.79. The third-order valence-electron chi connectivity index (χ3n) is 7.34. The number of nitrogens with zero attached hydrogens (tertiary/aromatic N) is 4. The van der Waals surface area contributed by atoms with Crippen molar-refractivity contribution >= 4 is 11.8 Å². The molecule has 8 heteroatoms. The molecule has 2 N–H and O–H groups in total. The Morgan fingerprint density at radius 1 is 1.00 bits per heavy atom. The van der Waals surface area contributed by atoms with E-state index in [1.807, 2.05) is 50.2 Å². The van der Waals surface area contributed by atoms with E-state index < -0.39 is 0 Å². The van der Waals surface area contributed by atoms with Crippen LogP contribution in [0.3, 0.4) is 0 Å². The number of rotatable bonds is 8. The highest BCUT2D eigenvalue weighted by Gasteiger charge is 2.36. The molecule has 0 saturated heterocycles. The summed E-state index contributed by atoms with van der Waals surface area (Å²) < 4.78 is 7.11. The minimum Gasteiger partial charge on any atom is -0.385 e. The zero-order valence-electron chi connectivity index (χ0n) is 22.1. The molecule has 3 atom stereocenters. The maximum absolute atomic E-state index is 13.5. The largest absolute Gasteiger partial charge is 0.385 e. The predicted octanol–water partition coefficient (Wildman–Crippen LogP) is 5.67. The van der Waals surface area contributed by atoms with Crippen LogP contribution < -0.4 is 10.6 Å². The molecule has 0 aliphatic heterocycles. The van der Waals surface area contributed by atoms with Crippen molar-refractivity contribution in [3.63, 3.8) is 0 Å². The number of aromatic nitrogens is 4. The predicted molar refractivity (Wildman–Crippen MR) is 148 cm³/mol. The first-order valence-electron chi connectivity index (χ1n) is 13.1. The molecular weight excluding hydrogens is 476 g/mol. The average Bonchev–Trinajstić information content (AvgIpc) is 3.49. The van der Waals surface area contributed by atoms with Gasteiger partial charge in [-0.25, -0.2) is 19.4 Å². The van der Waals surface area contributed by atoms with Crippen LogP contribution in [0.1, 0.15) is 42.1 Å². The van der Waals surface area contributed by atoms with Crippen LogP contribution in [-0.4, -0.2) is 45.5 Å². The molecule has 5 rings (SSSR count). The molecule has 2 amide bonds. The van der Waals surface area contributed by atoms with Gasteiger partial charge in [0.1, 0.15) is 17.3 Å². The summed E-state index contributed by atoms with van der Waals surface area (Å²) in [4.78, 5) is 22.1. The number of hydrogen-bond donors (Lipinski definition) is 2. The summed E-state index contributed by atoms with van der Waals surface area (Å²) in [6, 6.07) is 20.0. The molecule has 4 aromatic rings. The number of anilines is 1. The zero-order valence-corrected chi connectivity index (χ0v) is 22.1. The average molecular weight is 511 g/mol. The summed E-state index contributed by atoms with van der Waals surface area (Å²) in [6.45, 7) is 4.54. The van der Waals surface area contributed by atoms with E-state index in [9.17, 15) is 4.79 Å². The van der Waals surface area contributed by atoms with Crippen molar-refractivity contribution in [2.75, 3.05) is 19.0 Å². The molecule has 1 saturated carbocycles. The summed E-state index contributed by atoms with van der Waals surface area (Å²) in [5, 5.41) is 11.3. The van der Waals surface area contributed by atoms with Gasteiger partial charge in [0.2, 0.25) is 0 Å². The van der Waals surface area contributed by atoms with Gasteiger partial charge in [0.05, 0.1) is 5.69 Å². The first-order valence-corrected chi connectivity index (χ1v) is 13.1. The standard InChI is InChI=1S/C30H34N6O2/c1-20-28(24-18-31-21(2)32-19-24)35-36(25-12-8-5-9-13-25)29(20)34-30(37)33-27-17-22(14-15-38-3)16-26(27)23-10-6-4-7-11-23/h4-13,18-19,22,26-27H,14-17H2,1-3H3,(H2,33,34,37)/t22-,26-,27+/m0/s1. The van der Waals surface area contributed by atoms with E-state index in [4.69, 9.17) is 9.84 Å². The molecule has 1 aliphatic carbocycles. The van der Waals surface area contributed by atoms with Gasteiger partial charge in [-0.3, -0.25) is 5.32 Å². The molecule has 0 spiro atoms. The van der Waals surface area contributed by atoms with E-state index in [0.717, 1.165) is 48.4 Å². The van der Waals surface area contributed by atoms with Gasteiger partial charge < -0.3 is 10.1 Å². The molecular formula is C30H34N6O2. The molecule has 0 radical (unpaired) electrons. The molecule has 38 heavy (non-hydrogen) atoms. The van der Waals surface area contributed by atoms with Gasteiger partial charge >= 0.3 is 6.03 Å². The van der Waals surface area contributed by atoms with Gasteiger partial charge in [-0.1, -0.05) is 48.5 Å². The van der Waals surface area contributed by atoms with E-state index >= 15 is 0 Å². The number of aryl methyl sites for hydroxylation is 1. The normalized spacial score (nSPS) is 18.9. The Morgan fingerprint density at radius 3 is 2.37 bits per heavy atom. The maximum Gasteiger partial charge on any atom is 0.320 e. The molecule has 2 heterocycles. The number of nitrogens with one attached hydrogen (secondary N) is 2. The van der Waals surface area contributed by atoms with Gasteiger partial charge in [0.25, 0.3) is 0 Å². The first kappa shape index (κ1) is 25.6. The molecule has 2 aromatic carbocycles. The number of hydrogen-bond acceptors (Lipinski definition) is 5. The minimum absolute atomic E-state index is 0.0256. The molecule has 1 aliphatic rings. The molecule has 2 aromatic heterocycles. The smallest absolute Gasteiger partial charge is 0.320 e. The second-order valence-corrected chi connectivity index (χ2v) is 9.93. The second kappa shape index (κ2) is 11.6. The van der Waals surface area contributed by atoms with Crippen molar-refractivity contribution in [1.29, 1.82) is 0 Å². The van der Waals surface area contributed by atoms with E-state index in [1.54, 1.807) is 24.2 Å². The Hall–Kier alpha value is -4.04. The molecule has 0 unspecified atom stereocenters. The summed E-state index contributed by atoms with van der Waals surface area (Å²) >= 11 is 0. The lowest BCUT2D eigenvalue weighted by Gasteiger charge is -2.22. The quantitative estimate of drug-likeness (QED) is 0.319. The zero-order chi connectivity index (χ0) is 26.5. The summed E-state index contributed by atoms with van der Waals surface area (Å²) in [6.07, 6.45) is 6.46. The van der Waals surface area contributed by atoms with Gasteiger partial charge in [-0.15, -0.1) is 0 Å². The highest BCUT2D eigenvalue weighted by atomic mass is 16.5. The molecule has 8 nitrogen and oxygen atoms in total. The number of carbonyl (C=O) groups excluding carboxylic acids is 1. The summed E-state index contributed by atoms with van der Waals surface area (Å²) in [5.41, 5.74) is 4.48. The number of amides is 2. The maximum atomic E-state index is 13.5. The Morgan fingerprint density at radius 2 is 1.68 bits per heavy atom. The highest BCUT2D eigenvalue weighted by molar-refractivity contribution is 5.91. The number of ether oxygens (including phenoxy) is 1. The van der Waals surface area contributed by atoms with Crippen LogP contribution in [0.25, 0.3) is 16.9 Å². The fraction of sp³-hybridized carbons (Fsp3) is 0.333. The Bertz CT molecular complexity index is 1360. The Labute approximate surface area is 223 Å². The van der Waals surface area contributed by atoms with Crippen LogP contribution in [0.2, 0.25) is 0 Å². The lowest BCUT2D eigenvalue weighted by Crippen LogP contribution is -2.40. The fourth-order valence-corrected chi connectivity index (χ4v) is 5.39. The van der Waals surface area contributed by atoms with Gasteiger partial charge in [0.15, 0.2) is 0 Å². The fourth-order valence-electron chi connectivity index (χ4n) is 5.39. The van der Waals surface area contributed by atoms with Crippen LogP contribution in [0.4, 0.5) is 10.6 Å². The summed E-state index contributed by atoms with van der Waals surface area (Å²) in [7, 11) is 1.74. The van der Waals surface area contributed by atoms with Crippen LogP contribution >= 0.6 is 0 Å². The highest BCUT2D eigenvalue weighted by Crippen LogP contribution is 2.40. The van der Waals surface area contributed by atoms with E-state index in [2.05, 4.69) is 44.9 Å². The number of urea groups is 1. The lowest BCUT2D eigenvalue weighted by atomic mass is 9.93. The van der Waals surface area contributed by atoms with E-state index in [1.165, 1.54) is 5.56 Å². The second-order valence-electron chi connectivity index (χ2n) is 9.93. The van der Waals surface area contributed by atoms with Crippen molar-refractivity contribution in [3.05, 3.63) is 90.0 Å². The molecule has 1 fully saturated rings. The van der Waals surface area contributed by atoms with Crippen LogP contribution in [0.5, 0.6) is 0 Å². The number of methoxy groups -OCH3 is 1. The van der Waals surface area contributed by atoms with E-state index in [0.29, 0.717) is 17.6 Å². The third kappa shape index (κ3) is 5.60. The first-order chi connectivity index (χ1) is 18.5. The van der Waals surface area contributed by atoms with Crippen molar-refractivity contribution in [3.8, 4) is 16.9 Å². The van der Waals surface area contributed by atoms with Crippen molar-refractivity contribution < 1.29 is 9.53 Å². The van der Waals surface area contributed by atoms with Crippen molar-refractivity contribution in [2.45, 2.75) is 45.1 Å². The monoisotopic (exact) mass is 510 g/mol. The number of benzene rings is 2. The number of para-hydroxylation sites is 1. The minimum atomic E-state index is -0.241. The lowest BCUT2D eigenvalue weighted by molar-refractivity contribution is 0.177. The van der Waals surface area contributed by atoms with Crippen molar-refractivity contribution in [1.82, 2.24) is 25.1 Å². The Balaban J connectivity index is 1.41. The molecule has 0 bridgehead atoms. The van der Waals surface area contributed by atoms with Gasteiger partial charge in [0, 0.05) is 49.2 Å². The van der Waals surface area contributed by atoms with Crippen LogP contribution in [0, 0.1) is 19.8 Å². The summed E-state index contributed by atoms with van der Waals surface area (Å²) in [5.74, 6) is 2.06. The van der Waals surface area contributed by atoms with Crippen LogP contribution in [0.15, 0.2) is 73.1 Å². The SMILES string of the molecule is COCC[C@@H]1C[C@@H](NC(=O)Nc2c(C)c(-c3cnc(C)nc3)nn2-c2ccccc2)[C@H](c2ccccc2)C1. The van der Waals surface area contributed by atoms with E-state index in [-0.39, 0.29) is 18.0 Å². The van der Waals surface area contributed by atoms with Crippen LogP contribution in [-0.2, 0) is 4.74 Å².